The fourth-order valence-electron chi connectivity index (χ4n) is 3.34. The van der Waals surface area contributed by atoms with Crippen LogP contribution in [0.5, 0.6) is 0 Å². The van der Waals surface area contributed by atoms with Crippen molar-refractivity contribution in [3.05, 3.63) is 30.3 Å². The van der Waals surface area contributed by atoms with Gasteiger partial charge in [0, 0.05) is 32.3 Å². The molecule has 0 saturated carbocycles. The maximum absolute atomic E-state index is 5.93. The highest BCUT2D eigenvalue weighted by atomic mass is 16.5. The second-order valence-electron chi connectivity index (χ2n) is 6.43. The van der Waals surface area contributed by atoms with Crippen LogP contribution in [0.4, 0.5) is 11.9 Å². The smallest absolute Gasteiger partial charge is 0.230 e. The molecule has 0 aliphatic carbocycles. The summed E-state index contributed by atoms with van der Waals surface area (Å²) in [7, 11) is 1.68. The number of ether oxygens (including phenoxy) is 2. The van der Waals surface area contributed by atoms with Gasteiger partial charge in [0.15, 0.2) is 5.82 Å². The number of hydrogen-bond acceptors (Lipinski definition) is 7. The molecule has 2 atom stereocenters. The minimum Gasteiger partial charge on any atom is -0.383 e. The third kappa shape index (κ3) is 3.72. The van der Waals surface area contributed by atoms with Crippen LogP contribution in [0.15, 0.2) is 30.3 Å². The largest absolute Gasteiger partial charge is 0.383 e. The summed E-state index contributed by atoms with van der Waals surface area (Å²) in [4.78, 5) is 16.2. The highest BCUT2D eigenvalue weighted by Crippen LogP contribution is 2.29. The van der Waals surface area contributed by atoms with Crippen molar-refractivity contribution in [3.63, 3.8) is 0 Å². The van der Waals surface area contributed by atoms with Gasteiger partial charge in [-0.25, -0.2) is 0 Å². The summed E-state index contributed by atoms with van der Waals surface area (Å²) >= 11 is 0. The fraction of sp³-hybridized carbons (Fsp3) is 0.500. The van der Waals surface area contributed by atoms with Gasteiger partial charge in [0.05, 0.1) is 18.8 Å². The molecule has 2 bridgehead atoms. The van der Waals surface area contributed by atoms with Gasteiger partial charge in [-0.3, -0.25) is 0 Å². The van der Waals surface area contributed by atoms with E-state index in [1.54, 1.807) is 7.11 Å². The van der Waals surface area contributed by atoms with Gasteiger partial charge in [-0.05, 0) is 12.8 Å². The summed E-state index contributed by atoms with van der Waals surface area (Å²) in [5.41, 5.74) is 0.983. The Hall–Kier alpha value is -2.25. The van der Waals surface area contributed by atoms with Crippen LogP contribution >= 0.6 is 0 Å². The van der Waals surface area contributed by atoms with Gasteiger partial charge < -0.3 is 19.7 Å². The molecule has 2 aliphatic heterocycles. The minimum atomic E-state index is 0.292. The monoisotopic (exact) mass is 341 g/mol. The lowest BCUT2D eigenvalue weighted by Gasteiger charge is -2.32. The van der Waals surface area contributed by atoms with E-state index < -0.39 is 0 Å². The Bertz CT molecular complexity index is 700. The van der Waals surface area contributed by atoms with Gasteiger partial charge >= 0.3 is 0 Å². The molecule has 3 heterocycles. The Balaban J connectivity index is 1.63. The number of methoxy groups -OCH3 is 1. The molecule has 1 N–H and O–H groups in total. The normalized spacial score (nSPS) is 22.2. The molecule has 0 amide bonds. The summed E-state index contributed by atoms with van der Waals surface area (Å²) in [6.45, 7) is 2.93. The summed E-state index contributed by atoms with van der Waals surface area (Å²) in [5, 5.41) is 3.23. The maximum atomic E-state index is 5.93. The number of morpholine rings is 1. The van der Waals surface area contributed by atoms with Crippen molar-refractivity contribution in [2.45, 2.75) is 25.0 Å². The van der Waals surface area contributed by atoms with Crippen molar-refractivity contribution >= 4 is 11.9 Å². The van der Waals surface area contributed by atoms with Gasteiger partial charge in [-0.2, -0.15) is 15.0 Å². The Kier molecular flexibility index (Phi) is 4.76. The van der Waals surface area contributed by atoms with E-state index in [2.05, 4.69) is 20.2 Å². The first-order valence-electron chi connectivity index (χ1n) is 8.76. The molecule has 2 aromatic rings. The topological polar surface area (TPSA) is 72.4 Å². The second-order valence-corrected chi connectivity index (χ2v) is 6.43. The quantitative estimate of drug-likeness (QED) is 0.805. The molecule has 7 nitrogen and oxygen atoms in total. The predicted octanol–water partition coefficient (Wildman–Crippen LogP) is 1.96. The van der Waals surface area contributed by atoms with Crippen LogP contribution in [0.1, 0.15) is 12.8 Å². The predicted molar refractivity (Wildman–Crippen MR) is 95.7 cm³/mol. The Morgan fingerprint density at radius 2 is 1.88 bits per heavy atom. The lowest BCUT2D eigenvalue weighted by molar-refractivity contribution is 0.0299. The number of rotatable bonds is 6. The molecule has 1 aromatic heterocycles. The van der Waals surface area contributed by atoms with Crippen molar-refractivity contribution < 1.29 is 9.47 Å². The highest BCUT2D eigenvalue weighted by molar-refractivity contribution is 5.58. The number of fused-ring (bicyclic) bond motifs is 2. The molecule has 7 heteroatoms. The molecule has 4 rings (SSSR count). The fourth-order valence-corrected chi connectivity index (χ4v) is 3.34. The van der Waals surface area contributed by atoms with Crippen LogP contribution in [-0.4, -0.2) is 60.5 Å². The van der Waals surface area contributed by atoms with E-state index in [4.69, 9.17) is 14.5 Å². The summed E-state index contributed by atoms with van der Waals surface area (Å²) in [6, 6.07) is 10.0. The average Bonchev–Trinajstić information content (AvgIpc) is 3.00. The number of anilines is 2. The first-order chi connectivity index (χ1) is 12.3. The second kappa shape index (κ2) is 7.33. The van der Waals surface area contributed by atoms with Gasteiger partial charge in [-0.15, -0.1) is 0 Å². The number of hydrogen-bond donors (Lipinski definition) is 1. The van der Waals surface area contributed by atoms with Crippen LogP contribution in [0.25, 0.3) is 11.4 Å². The van der Waals surface area contributed by atoms with Crippen LogP contribution in [0.2, 0.25) is 0 Å². The minimum absolute atomic E-state index is 0.292. The van der Waals surface area contributed by atoms with E-state index >= 15 is 0 Å². The Morgan fingerprint density at radius 3 is 2.60 bits per heavy atom. The molecular formula is C18H23N5O2. The first-order valence-corrected chi connectivity index (χ1v) is 8.76. The lowest BCUT2D eigenvalue weighted by atomic mass is 10.2. The van der Waals surface area contributed by atoms with Crippen molar-refractivity contribution in [1.82, 2.24) is 15.0 Å². The number of benzene rings is 1. The van der Waals surface area contributed by atoms with Crippen molar-refractivity contribution in [2.75, 3.05) is 43.6 Å². The molecule has 2 fully saturated rings. The molecule has 2 unspecified atom stereocenters. The zero-order valence-corrected chi connectivity index (χ0v) is 14.4. The van der Waals surface area contributed by atoms with Crippen molar-refractivity contribution in [2.24, 2.45) is 0 Å². The molecule has 0 spiro atoms. The van der Waals surface area contributed by atoms with Gasteiger partial charge in [0.2, 0.25) is 11.9 Å². The number of nitrogens with zero attached hydrogens (tertiary/aromatic N) is 4. The Morgan fingerprint density at radius 1 is 1.12 bits per heavy atom. The van der Waals surface area contributed by atoms with E-state index in [1.807, 2.05) is 30.3 Å². The van der Waals surface area contributed by atoms with E-state index in [1.165, 1.54) is 0 Å². The molecule has 0 radical (unpaired) electrons. The molecule has 2 saturated heterocycles. The Labute approximate surface area is 147 Å². The van der Waals surface area contributed by atoms with Crippen molar-refractivity contribution in [1.29, 1.82) is 0 Å². The zero-order chi connectivity index (χ0) is 17.1. The van der Waals surface area contributed by atoms with Gasteiger partial charge in [0.1, 0.15) is 0 Å². The molecular weight excluding hydrogens is 318 g/mol. The first kappa shape index (κ1) is 16.2. The average molecular weight is 341 g/mol. The SMILES string of the molecule is COCCNc1nc(-c2ccccc2)nc(N2CC3CCC(C2)O3)n1. The molecule has 25 heavy (non-hydrogen) atoms. The molecule has 2 aliphatic rings. The summed E-state index contributed by atoms with van der Waals surface area (Å²) < 4.78 is 11.0. The number of nitrogens with one attached hydrogen (secondary N) is 1. The van der Waals surface area contributed by atoms with Crippen LogP contribution in [0.3, 0.4) is 0 Å². The van der Waals surface area contributed by atoms with Gasteiger partial charge in [-0.1, -0.05) is 30.3 Å². The number of aromatic nitrogens is 3. The highest BCUT2D eigenvalue weighted by Gasteiger charge is 2.35. The maximum Gasteiger partial charge on any atom is 0.230 e. The standard InChI is InChI=1S/C18H23N5O2/c1-24-10-9-19-17-20-16(13-5-3-2-4-6-13)21-18(22-17)23-11-14-7-8-15(12-23)25-14/h2-6,14-15H,7-12H2,1H3,(H,19,20,21,22). The van der Waals surface area contributed by atoms with E-state index in [0.29, 0.717) is 43.1 Å². The lowest BCUT2D eigenvalue weighted by Crippen LogP contribution is -2.43. The van der Waals surface area contributed by atoms with E-state index in [9.17, 15) is 0 Å². The van der Waals surface area contributed by atoms with E-state index in [-0.39, 0.29) is 0 Å². The van der Waals surface area contributed by atoms with Crippen molar-refractivity contribution in [3.8, 4) is 11.4 Å². The molecule has 132 valence electrons. The molecule has 1 aromatic carbocycles. The van der Waals surface area contributed by atoms with Crippen LogP contribution < -0.4 is 10.2 Å². The summed E-state index contributed by atoms with van der Waals surface area (Å²) in [5.74, 6) is 1.98. The third-order valence-electron chi connectivity index (χ3n) is 4.57. The van der Waals surface area contributed by atoms with E-state index in [0.717, 1.165) is 31.5 Å². The van der Waals surface area contributed by atoms with Crippen LogP contribution in [-0.2, 0) is 9.47 Å². The van der Waals surface area contributed by atoms with Gasteiger partial charge in [0.25, 0.3) is 0 Å². The zero-order valence-electron chi connectivity index (χ0n) is 14.4. The summed E-state index contributed by atoms with van der Waals surface area (Å²) in [6.07, 6.45) is 2.83. The third-order valence-corrected chi connectivity index (χ3v) is 4.57. The van der Waals surface area contributed by atoms with Crippen LogP contribution in [0, 0.1) is 0 Å².